The Labute approximate surface area is 144 Å². The summed E-state index contributed by atoms with van der Waals surface area (Å²) < 4.78 is 10.9. The summed E-state index contributed by atoms with van der Waals surface area (Å²) in [5.41, 5.74) is 2.20. The predicted molar refractivity (Wildman–Crippen MR) is 95.4 cm³/mol. The molecule has 0 spiro atoms. The molecule has 0 aliphatic carbocycles. The molecule has 0 radical (unpaired) electrons. The molecular formula is C20H25NO3. The largest absolute Gasteiger partial charge is 0.497 e. The summed E-state index contributed by atoms with van der Waals surface area (Å²) in [6, 6.07) is 15.7. The van der Waals surface area contributed by atoms with Gasteiger partial charge in [-0.1, -0.05) is 30.3 Å². The highest BCUT2D eigenvalue weighted by atomic mass is 16.5. The zero-order chi connectivity index (χ0) is 17.4. The molecule has 0 aliphatic rings. The monoisotopic (exact) mass is 327 g/mol. The molecule has 0 aromatic heterocycles. The van der Waals surface area contributed by atoms with Gasteiger partial charge in [0.15, 0.2) is 0 Å². The van der Waals surface area contributed by atoms with Gasteiger partial charge in [0.25, 0.3) is 0 Å². The van der Waals surface area contributed by atoms with Crippen LogP contribution in [-0.4, -0.2) is 31.6 Å². The number of ether oxygens (including phenoxy) is 2. The number of aryl methyl sites for hydroxylation is 1. The van der Waals surface area contributed by atoms with Crippen LogP contribution in [0.2, 0.25) is 0 Å². The van der Waals surface area contributed by atoms with E-state index in [0.29, 0.717) is 26.0 Å². The van der Waals surface area contributed by atoms with Crippen LogP contribution >= 0.6 is 0 Å². The Kier molecular flexibility index (Phi) is 6.67. The van der Waals surface area contributed by atoms with E-state index in [2.05, 4.69) is 0 Å². The molecule has 4 nitrogen and oxygen atoms in total. The third-order valence-corrected chi connectivity index (χ3v) is 3.89. The van der Waals surface area contributed by atoms with Crippen LogP contribution in [0.5, 0.6) is 11.5 Å². The molecule has 128 valence electrons. The summed E-state index contributed by atoms with van der Waals surface area (Å²) in [6.45, 7) is 3.16. The maximum Gasteiger partial charge on any atom is 0.222 e. The van der Waals surface area contributed by atoms with Gasteiger partial charge in [0.05, 0.1) is 13.7 Å². The van der Waals surface area contributed by atoms with E-state index in [0.717, 1.165) is 22.6 Å². The van der Waals surface area contributed by atoms with Gasteiger partial charge in [0, 0.05) is 20.0 Å². The topological polar surface area (TPSA) is 38.8 Å². The third-order valence-electron chi connectivity index (χ3n) is 3.89. The van der Waals surface area contributed by atoms with E-state index in [1.54, 1.807) is 12.0 Å². The minimum Gasteiger partial charge on any atom is -0.497 e. The van der Waals surface area contributed by atoms with Gasteiger partial charge in [0.2, 0.25) is 5.91 Å². The Balaban J connectivity index is 1.72. The normalized spacial score (nSPS) is 10.3. The van der Waals surface area contributed by atoms with E-state index in [9.17, 15) is 4.79 Å². The average Bonchev–Trinajstić information content (AvgIpc) is 2.60. The lowest BCUT2D eigenvalue weighted by Crippen LogP contribution is -2.26. The smallest absolute Gasteiger partial charge is 0.222 e. The van der Waals surface area contributed by atoms with E-state index in [4.69, 9.17) is 9.47 Å². The number of nitrogens with zero attached hydrogens (tertiary/aromatic N) is 1. The van der Waals surface area contributed by atoms with Gasteiger partial charge in [-0.15, -0.1) is 0 Å². The second kappa shape index (κ2) is 8.96. The molecule has 2 rings (SSSR count). The SMILES string of the molecule is COc1ccc(CN(C)C(=O)CCCOc2ccccc2C)cc1. The van der Waals surface area contributed by atoms with Crippen molar-refractivity contribution in [2.75, 3.05) is 20.8 Å². The molecule has 0 N–H and O–H groups in total. The van der Waals surface area contributed by atoms with Gasteiger partial charge >= 0.3 is 0 Å². The molecular weight excluding hydrogens is 302 g/mol. The van der Waals surface area contributed by atoms with Crippen LogP contribution in [0.1, 0.15) is 24.0 Å². The Morgan fingerprint density at radius 3 is 2.46 bits per heavy atom. The van der Waals surface area contributed by atoms with Crippen LogP contribution in [0.4, 0.5) is 0 Å². The minimum absolute atomic E-state index is 0.124. The van der Waals surface area contributed by atoms with Gasteiger partial charge < -0.3 is 14.4 Å². The van der Waals surface area contributed by atoms with Crippen LogP contribution in [0.3, 0.4) is 0 Å². The highest BCUT2D eigenvalue weighted by Crippen LogP contribution is 2.17. The van der Waals surface area contributed by atoms with Gasteiger partial charge in [-0.25, -0.2) is 0 Å². The molecule has 0 saturated heterocycles. The maximum atomic E-state index is 12.2. The molecule has 1 amide bonds. The number of methoxy groups -OCH3 is 1. The van der Waals surface area contributed by atoms with Crippen molar-refractivity contribution in [2.45, 2.75) is 26.3 Å². The molecule has 0 saturated carbocycles. The molecule has 4 heteroatoms. The van der Waals surface area contributed by atoms with Crippen molar-refractivity contribution in [3.63, 3.8) is 0 Å². The number of amides is 1. The Morgan fingerprint density at radius 2 is 1.79 bits per heavy atom. The van der Waals surface area contributed by atoms with E-state index in [1.807, 2.05) is 62.5 Å². The number of hydrogen-bond acceptors (Lipinski definition) is 3. The lowest BCUT2D eigenvalue weighted by atomic mass is 10.2. The van der Waals surface area contributed by atoms with Crippen molar-refractivity contribution in [3.05, 3.63) is 59.7 Å². The zero-order valence-corrected chi connectivity index (χ0v) is 14.6. The van der Waals surface area contributed by atoms with E-state index < -0.39 is 0 Å². The van der Waals surface area contributed by atoms with Crippen LogP contribution in [0, 0.1) is 6.92 Å². The molecule has 0 atom stereocenters. The molecule has 0 heterocycles. The summed E-state index contributed by atoms with van der Waals surface area (Å²) in [7, 11) is 3.47. The lowest BCUT2D eigenvalue weighted by Gasteiger charge is -2.17. The number of para-hydroxylation sites is 1. The van der Waals surface area contributed by atoms with Gasteiger partial charge in [-0.05, 0) is 42.7 Å². The highest BCUT2D eigenvalue weighted by Gasteiger charge is 2.09. The van der Waals surface area contributed by atoms with Crippen LogP contribution in [0.15, 0.2) is 48.5 Å². The summed E-state index contributed by atoms with van der Waals surface area (Å²) in [5, 5.41) is 0. The second-order valence-electron chi connectivity index (χ2n) is 5.82. The second-order valence-corrected chi connectivity index (χ2v) is 5.82. The number of hydrogen-bond donors (Lipinski definition) is 0. The third kappa shape index (κ3) is 5.30. The van der Waals surface area contributed by atoms with E-state index in [-0.39, 0.29) is 5.91 Å². The quantitative estimate of drug-likeness (QED) is 0.692. The summed E-state index contributed by atoms with van der Waals surface area (Å²) in [5.74, 6) is 1.83. The van der Waals surface area contributed by atoms with Crippen molar-refractivity contribution in [1.29, 1.82) is 0 Å². The van der Waals surface area contributed by atoms with Crippen molar-refractivity contribution in [3.8, 4) is 11.5 Å². The van der Waals surface area contributed by atoms with Crippen molar-refractivity contribution in [2.24, 2.45) is 0 Å². The zero-order valence-electron chi connectivity index (χ0n) is 14.6. The average molecular weight is 327 g/mol. The van der Waals surface area contributed by atoms with Gasteiger partial charge in [-0.3, -0.25) is 4.79 Å². The van der Waals surface area contributed by atoms with Crippen LogP contribution in [-0.2, 0) is 11.3 Å². The Morgan fingerprint density at radius 1 is 1.08 bits per heavy atom. The first kappa shape index (κ1) is 17.9. The summed E-state index contributed by atoms with van der Waals surface area (Å²) in [6.07, 6.45) is 1.19. The number of benzene rings is 2. The minimum atomic E-state index is 0.124. The number of carbonyl (C=O) groups is 1. The number of carbonyl (C=O) groups excluding carboxylic acids is 1. The summed E-state index contributed by atoms with van der Waals surface area (Å²) in [4.78, 5) is 13.9. The molecule has 24 heavy (non-hydrogen) atoms. The number of rotatable bonds is 8. The lowest BCUT2D eigenvalue weighted by molar-refractivity contribution is -0.130. The maximum absolute atomic E-state index is 12.2. The first-order chi connectivity index (χ1) is 11.6. The van der Waals surface area contributed by atoms with Crippen molar-refractivity contribution >= 4 is 5.91 Å². The first-order valence-corrected chi connectivity index (χ1v) is 8.15. The highest BCUT2D eigenvalue weighted by molar-refractivity contribution is 5.75. The van der Waals surface area contributed by atoms with Gasteiger partial charge in [0.1, 0.15) is 11.5 Å². The molecule has 0 bridgehead atoms. The van der Waals surface area contributed by atoms with Crippen LogP contribution < -0.4 is 9.47 Å². The fourth-order valence-electron chi connectivity index (χ4n) is 2.41. The van der Waals surface area contributed by atoms with Gasteiger partial charge in [-0.2, -0.15) is 0 Å². The fraction of sp³-hybridized carbons (Fsp3) is 0.350. The molecule has 2 aromatic rings. The predicted octanol–water partition coefficient (Wildman–Crippen LogP) is 3.82. The van der Waals surface area contributed by atoms with E-state index >= 15 is 0 Å². The van der Waals surface area contributed by atoms with Crippen LogP contribution in [0.25, 0.3) is 0 Å². The van der Waals surface area contributed by atoms with Crippen molar-refractivity contribution < 1.29 is 14.3 Å². The summed E-state index contributed by atoms with van der Waals surface area (Å²) >= 11 is 0. The molecule has 0 fully saturated rings. The van der Waals surface area contributed by atoms with Crippen molar-refractivity contribution in [1.82, 2.24) is 4.90 Å². The Bertz CT molecular complexity index is 652. The molecule has 0 aliphatic heterocycles. The van der Waals surface area contributed by atoms with E-state index in [1.165, 1.54) is 0 Å². The Hall–Kier alpha value is -2.49. The first-order valence-electron chi connectivity index (χ1n) is 8.15. The molecule has 0 unspecified atom stereocenters. The molecule has 2 aromatic carbocycles. The standard InChI is InChI=1S/C20H25NO3/c1-16-7-4-5-8-19(16)24-14-6-9-20(22)21(2)15-17-10-12-18(23-3)13-11-17/h4-5,7-8,10-13H,6,9,14-15H2,1-3H3. The fourth-order valence-corrected chi connectivity index (χ4v) is 2.41.